The van der Waals surface area contributed by atoms with Crippen LogP contribution in [-0.2, 0) is 56.2 Å². The number of H-pyrrole nitrogens is 4. The van der Waals surface area contributed by atoms with E-state index in [-0.39, 0.29) is 69.9 Å². The van der Waals surface area contributed by atoms with E-state index in [2.05, 4.69) is 29.9 Å². The SMILES string of the molecule is [2H]c1nc2c(c(=O)[nH]c(=O)n2C([2H])([2H])[2H])n1C.[2H]c1nc2c(c(=O)[nH]c(=O)n2C([2H])([2H])[2H])n1C.[2H]c1nc2c(c(=O)[nH]c(=O)n2C)n1C.[2H]c1nc2c(c(=O)[nH]c(=O)n2C)n1C. The summed E-state index contributed by atoms with van der Waals surface area (Å²) in [5.41, 5.74) is -5.70. The Morgan fingerprint density at radius 3 is 0.865 bits per heavy atom. The third kappa shape index (κ3) is 6.25. The van der Waals surface area contributed by atoms with E-state index in [0.717, 1.165) is 9.13 Å². The lowest BCUT2D eigenvalue weighted by Crippen LogP contribution is -2.28. The maximum absolute atomic E-state index is 11.5. The van der Waals surface area contributed by atoms with Crippen molar-refractivity contribution in [2.75, 3.05) is 0 Å². The zero-order valence-electron chi connectivity index (χ0n) is 37.6. The van der Waals surface area contributed by atoms with E-state index < -0.39 is 58.9 Å². The van der Waals surface area contributed by atoms with Gasteiger partial charge in [-0.05, 0) is 0 Å². The molecule has 0 bridgehead atoms. The summed E-state index contributed by atoms with van der Waals surface area (Å²) in [7, 11) is 8.87. The van der Waals surface area contributed by atoms with Crippen molar-refractivity contribution in [1.29, 1.82) is 0 Å². The van der Waals surface area contributed by atoms with Crippen LogP contribution in [0.1, 0.15) is 13.7 Å². The van der Waals surface area contributed by atoms with Crippen molar-refractivity contribution in [2.45, 2.75) is 0 Å². The average Bonchev–Trinajstić information content (AvgIpc) is 3.82. The van der Waals surface area contributed by atoms with Crippen LogP contribution in [0.4, 0.5) is 0 Å². The van der Waals surface area contributed by atoms with Crippen LogP contribution in [0.5, 0.6) is 0 Å². The molecule has 0 saturated carbocycles. The molecule has 4 N–H and O–H groups in total. The first-order valence-electron chi connectivity index (χ1n) is 19.1. The molecule has 0 aliphatic heterocycles. The van der Waals surface area contributed by atoms with Crippen LogP contribution in [0.2, 0.25) is 0 Å². The smallest absolute Gasteiger partial charge is 0.328 e. The minimum atomic E-state index is -2.76. The monoisotopic (exact) mass is 730 g/mol. The second kappa shape index (κ2) is 13.5. The van der Waals surface area contributed by atoms with Crippen molar-refractivity contribution in [3.63, 3.8) is 0 Å². The number of rotatable bonds is 0. The number of aromatic amines is 4. The molecule has 8 rings (SSSR count). The van der Waals surface area contributed by atoms with E-state index in [1.165, 1.54) is 46.5 Å². The number of aromatic nitrogens is 16. The van der Waals surface area contributed by atoms with E-state index in [0.29, 0.717) is 9.13 Å². The predicted molar refractivity (Wildman–Crippen MR) is 186 cm³/mol. The first-order valence-corrected chi connectivity index (χ1v) is 14.1. The van der Waals surface area contributed by atoms with Gasteiger partial charge >= 0.3 is 22.8 Å². The molecule has 0 radical (unpaired) electrons. The fourth-order valence-electron chi connectivity index (χ4n) is 4.59. The van der Waals surface area contributed by atoms with Gasteiger partial charge in [-0.2, -0.15) is 0 Å². The molecule has 0 aliphatic carbocycles. The predicted octanol–water partition coefficient (Wildman–Crippen LogP) is -4.16. The van der Waals surface area contributed by atoms with E-state index in [1.807, 2.05) is 9.97 Å². The van der Waals surface area contributed by atoms with Crippen LogP contribution in [0.25, 0.3) is 44.7 Å². The third-order valence-corrected chi connectivity index (χ3v) is 7.23. The Morgan fingerprint density at radius 2 is 0.635 bits per heavy atom. The number of fused-ring (bicyclic) bond motifs is 4. The normalized spacial score (nSPS) is 14.2. The summed E-state index contributed by atoms with van der Waals surface area (Å²) in [6.45, 7) is -5.53. The maximum Gasteiger partial charge on any atom is 0.329 e. The highest BCUT2D eigenvalue weighted by Gasteiger charge is 2.11. The summed E-state index contributed by atoms with van der Waals surface area (Å²) in [5.74, 6) is 0. The molecule has 0 amide bonds. The molecule has 8 aromatic heterocycles. The molecule has 0 fully saturated rings. The van der Waals surface area contributed by atoms with E-state index in [9.17, 15) is 38.4 Å². The summed E-state index contributed by atoms with van der Waals surface area (Å²) in [4.78, 5) is 114. The van der Waals surface area contributed by atoms with Gasteiger partial charge < -0.3 is 18.3 Å². The summed E-state index contributed by atoms with van der Waals surface area (Å²) in [6, 6.07) is 0. The zero-order valence-corrected chi connectivity index (χ0v) is 27.6. The van der Waals surface area contributed by atoms with Gasteiger partial charge in [0, 0.05) is 64.5 Å². The van der Waals surface area contributed by atoms with Crippen molar-refractivity contribution in [2.24, 2.45) is 56.2 Å². The molecule has 0 aliphatic rings. The van der Waals surface area contributed by atoms with Crippen molar-refractivity contribution in [3.05, 3.63) is 109 Å². The highest BCUT2D eigenvalue weighted by atomic mass is 16.2. The second-order valence-corrected chi connectivity index (χ2v) is 10.6. The summed E-state index contributed by atoms with van der Waals surface area (Å²) >= 11 is 0. The first-order chi connectivity index (χ1) is 28.5. The summed E-state index contributed by atoms with van der Waals surface area (Å²) in [6.07, 6.45) is -0.693. The Balaban J connectivity index is 0.000000157. The molecule has 272 valence electrons. The number of imidazole rings is 4. The lowest BCUT2D eigenvalue weighted by atomic mass is 10.5. The van der Waals surface area contributed by atoms with Gasteiger partial charge in [-0.25, -0.2) is 39.1 Å². The Labute approximate surface area is 300 Å². The maximum atomic E-state index is 11.5. The fourth-order valence-corrected chi connectivity index (χ4v) is 4.59. The standard InChI is InChI=1S/4C7H8N4O2/c4*1-10-3-8-5-4(10)6(12)9-7(13)11(5)2/h4*3H,1-2H3,(H,9,12,13)/i2*2D3,3D;2*3D. The topological polar surface area (TPSA) is 291 Å². The molecule has 0 unspecified atom stereocenters. The number of nitrogens with one attached hydrogen (secondary N) is 4. The lowest BCUT2D eigenvalue weighted by molar-refractivity contribution is 0.829. The van der Waals surface area contributed by atoms with Gasteiger partial charge in [-0.3, -0.25) is 57.4 Å². The molecule has 8 heterocycles. The van der Waals surface area contributed by atoms with Crippen molar-refractivity contribution in [3.8, 4) is 0 Å². The van der Waals surface area contributed by atoms with E-state index in [4.69, 9.17) is 13.7 Å². The van der Waals surface area contributed by atoms with Gasteiger partial charge in [0.1, 0.15) is 5.48 Å². The van der Waals surface area contributed by atoms with Crippen LogP contribution in [0.15, 0.2) is 63.6 Å². The highest BCUT2D eigenvalue weighted by molar-refractivity contribution is 5.71. The molecule has 8 aromatic rings. The number of hydrogen-bond donors (Lipinski definition) is 4. The van der Waals surface area contributed by atoms with Crippen LogP contribution in [0, 0.1) is 0 Å². The molecule has 24 nitrogen and oxygen atoms in total. The van der Waals surface area contributed by atoms with Gasteiger partial charge in [0.25, 0.3) is 22.2 Å². The number of nitrogens with zero attached hydrogens (tertiary/aromatic N) is 12. The van der Waals surface area contributed by atoms with Crippen LogP contribution in [0.3, 0.4) is 0 Å². The molecule has 0 saturated heterocycles. The van der Waals surface area contributed by atoms with Gasteiger partial charge in [0.2, 0.25) is 0 Å². The van der Waals surface area contributed by atoms with Crippen LogP contribution < -0.4 is 45.0 Å². The van der Waals surface area contributed by atoms with Crippen LogP contribution >= 0.6 is 0 Å². The van der Waals surface area contributed by atoms with E-state index >= 15 is 0 Å². The Morgan fingerprint density at radius 1 is 0.423 bits per heavy atom. The molecule has 24 heteroatoms. The molecule has 0 atom stereocenters. The molecule has 0 aromatic carbocycles. The summed E-state index contributed by atoms with van der Waals surface area (Å²) in [5, 5.41) is 0. The Hall–Kier alpha value is -7.40. The quantitative estimate of drug-likeness (QED) is 0.116. The highest BCUT2D eigenvalue weighted by Crippen LogP contribution is 2.03. The average molecular weight is 731 g/mol. The third-order valence-electron chi connectivity index (χ3n) is 7.23. The number of aryl methyl sites for hydroxylation is 8. The van der Waals surface area contributed by atoms with Gasteiger partial charge in [-0.15, -0.1) is 0 Å². The van der Waals surface area contributed by atoms with Gasteiger partial charge in [0.05, 0.1) is 25.2 Å². The Kier molecular flexibility index (Phi) is 6.40. The largest absolute Gasteiger partial charge is 0.329 e. The molecular formula is C28H32N16O8. The molecular weight excluding hydrogens is 688 g/mol. The minimum Gasteiger partial charge on any atom is -0.328 e. The first kappa shape index (κ1) is 24.7. The van der Waals surface area contributed by atoms with Crippen molar-refractivity contribution >= 4 is 44.7 Å². The van der Waals surface area contributed by atoms with Gasteiger partial charge in [0.15, 0.2) is 44.7 Å². The van der Waals surface area contributed by atoms with Crippen molar-refractivity contribution in [1.82, 2.24) is 76.4 Å². The molecule has 0 spiro atoms. The minimum absolute atomic E-state index is 0.0494. The zero-order chi connectivity index (χ0) is 46.8. The summed E-state index contributed by atoms with van der Waals surface area (Å²) < 4.78 is 80.9. The van der Waals surface area contributed by atoms with Crippen LogP contribution in [-0.4, -0.2) is 76.4 Å². The van der Waals surface area contributed by atoms with Gasteiger partial charge in [-0.1, -0.05) is 0 Å². The molecule has 52 heavy (non-hydrogen) atoms. The lowest BCUT2D eigenvalue weighted by Gasteiger charge is -1.97. The number of hydrogen-bond acceptors (Lipinski definition) is 12. The Bertz CT molecular complexity index is 3370. The van der Waals surface area contributed by atoms with Crippen molar-refractivity contribution < 1.29 is 13.7 Å². The fraction of sp³-hybridized carbons (Fsp3) is 0.286. The van der Waals surface area contributed by atoms with E-state index in [1.54, 1.807) is 14.1 Å². The second-order valence-electron chi connectivity index (χ2n) is 10.6.